The van der Waals surface area contributed by atoms with E-state index in [1.165, 1.54) is 0 Å². The number of nitrogen functional groups attached to an aromatic ring is 1. The Kier molecular flexibility index (Phi) is 2.95. The summed E-state index contributed by atoms with van der Waals surface area (Å²) in [5.41, 5.74) is 7.57. The molecule has 0 radical (unpaired) electrons. The number of aromatic nitrogens is 2. The first kappa shape index (κ1) is 10.5. The van der Waals surface area contributed by atoms with Crippen molar-refractivity contribution < 1.29 is 5.11 Å². The van der Waals surface area contributed by atoms with E-state index < -0.39 is 0 Å². The molecule has 1 heterocycles. The molecule has 0 atom stereocenters. The number of hydrogen-bond donors (Lipinski definition) is 2. The zero-order chi connectivity index (χ0) is 10.8. The third-order valence-corrected chi connectivity index (χ3v) is 3.39. The van der Waals surface area contributed by atoms with E-state index in [4.69, 9.17) is 5.73 Å². The Morgan fingerprint density at radius 2 is 2.13 bits per heavy atom. The molecule has 0 saturated heterocycles. The van der Waals surface area contributed by atoms with Gasteiger partial charge in [-0.25, -0.2) is 0 Å². The second kappa shape index (κ2) is 4.23. The van der Waals surface area contributed by atoms with E-state index in [1.807, 2.05) is 11.6 Å². The van der Waals surface area contributed by atoms with Crippen LogP contribution in [0.1, 0.15) is 31.4 Å². The van der Waals surface area contributed by atoms with Crippen LogP contribution in [0.3, 0.4) is 0 Å². The molecular weight excluding hydrogens is 190 g/mol. The summed E-state index contributed by atoms with van der Waals surface area (Å²) in [6.45, 7) is 2.94. The topological polar surface area (TPSA) is 64.1 Å². The predicted molar refractivity (Wildman–Crippen MR) is 59.3 cm³/mol. The van der Waals surface area contributed by atoms with Crippen LogP contribution in [0.2, 0.25) is 0 Å². The van der Waals surface area contributed by atoms with Gasteiger partial charge in [-0.15, -0.1) is 0 Å². The third-order valence-electron chi connectivity index (χ3n) is 3.39. The van der Waals surface area contributed by atoms with Crippen LogP contribution < -0.4 is 5.73 Å². The highest BCUT2D eigenvalue weighted by Crippen LogP contribution is 2.26. The van der Waals surface area contributed by atoms with Crippen LogP contribution in [0.25, 0.3) is 0 Å². The second-order valence-electron chi connectivity index (χ2n) is 4.54. The summed E-state index contributed by atoms with van der Waals surface area (Å²) in [5, 5.41) is 13.7. The Balaban J connectivity index is 1.94. The second-order valence-corrected chi connectivity index (χ2v) is 4.54. The van der Waals surface area contributed by atoms with Gasteiger partial charge in [0.05, 0.1) is 23.7 Å². The number of anilines is 1. The molecule has 1 fully saturated rings. The van der Waals surface area contributed by atoms with Gasteiger partial charge in [-0.05, 0) is 38.5 Å². The lowest BCUT2D eigenvalue weighted by atomic mass is 9.87. The number of nitrogens with zero attached hydrogens (tertiary/aromatic N) is 2. The van der Waals surface area contributed by atoms with E-state index >= 15 is 0 Å². The average molecular weight is 209 g/mol. The van der Waals surface area contributed by atoms with Gasteiger partial charge in [-0.3, -0.25) is 4.68 Å². The molecule has 0 spiro atoms. The van der Waals surface area contributed by atoms with Crippen molar-refractivity contribution in [3.63, 3.8) is 0 Å². The Morgan fingerprint density at radius 3 is 2.67 bits per heavy atom. The maximum Gasteiger partial charge on any atom is 0.0730 e. The molecule has 1 aromatic rings. The van der Waals surface area contributed by atoms with E-state index in [-0.39, 0.29) is 6.10 Å². The van der Waals surface area contributed by atoms with Crippen LogP contribution in [-0.4, -0.2) is 21.0 Å². The molecule has 0 amide bonds. The Bertz CT molecular complexity index is 327. The van der Waals surface area contributed by atoms with Crippen molar-refractivity contribution in [1.82, 2.24) is 9.78 Å². The highest BCUT2D eigenvalue weighted by Gasteiger charge is 2.20. The van der Waals surface area contributed by atoms with Crippen LogP contribution in [0.4, 0.5) is 5.69 Å². The van der Waals surface area contributed by atoms with Crippen molar-refractivity contribution in [2.75, 3.05) is 5.73 Å². The molecule has 1 aliphatic carbocycles. The quantitative estimate of drug-likeness (QED) is 0.772. The van der Waals surface area contributed by atoms with Crippen molar-refractivity contribution >= 4 is 5.69 Å². The fraction of sp³-hybridized carbons (Fsp3) is 0.727. The SMILES string of the molecule is Cc1c(N)cnn1CC1CCC(O)CC1. The molecule has 4 nitrogen and oxygen atoms in total. The minimum atomic E-state index is -0.0787. The van der Waals surface area contributed by atoms with Gasteiger partial charge < -0.3 is 10.8 Å². The maximum atomic E-state index is 9.41. The van der Waals surface area contributed by atoms with Crippen molar-refractivity contribution in [2.24, 2.45) is 5.92 Å². The fourth-order valence-corrected chi connectivity index (χ4v) is 2.22. The van der Waals surface area contributed by atoms with Gasteiger partial charge in [0.1, 0.15) is 0 Å². The minimum absolute atomic E-state index is 0.0787. The summed E-state index contributed by atoms with van der Waals surface area (Å²) >= 11 is 0. The monoisotopic (exact) mass is 209 g/mol. The molecule has 2 rings (SSSR count). The summed E-state index contributed by atoms with van der Waals surface area (Å²) in [5.74, 6) is 0.645. The smallest absolute Gasteiger partial charge is 0.0730 e. The first-order chi connectivity index (χ1) is 7.16. The predicted octanol–water partition coefficient (Wildman–Crippen LogP) is 1.32. The van der Waals surface area contributed by atoms with Crippen molar-refractivity contribution in [3.8, 4) is 0 Å². The van der Waals surface area contributed by atoms with Gasteiger partial charge in [0.15, 0.2) is 0 Å². The summed E-state index contributed by atoms with van der Waals surface area (Å²) < 4.78 is 1.98. The lowest BCUT2D eigenvalue weighted by Gasteiger charge is -2.25. The summed E-state index contributed by atoms with van der Waals surface area (Å²) in [4.78, 5) is 0. The minimum Gasteiger partial charge on any atom is -0.396 e. The van der Waals surface area contributed by atoms with Crippen molar-refractivity contribution in [1.29, 1.82) is 0 Å². The zero-order valence-electron chi connectivity index (χ0n) is 9.19. The Labute approximate surface area is 90.1 Å². The van der Waals surface area contributed by atoms with Crippen molar-refractivity contribution in [3.05, 3.63) is 11.9 Å². The molecule has 0 aliphatic heterocycles. The highest BCUT2D eigenvalue weighted by atomic mass is 16.3. The van der Waals surface area contributed by atoms with E-state index in [1.54, 1.807) is 6.20 Å². The summed E-state index contributed by atoms with van der Waals surface area (Å²) in [7, 11) is 0. The van der Waals surface area contributed by atoms with E-state index in [0.29, 0.717) is 5.92 Å². The summed E-state index contributed by atoms with van der Waals surface area (Å²) in [6, 6.07) is 0. The van der Waals surface area contributed by atoms with Gasteiger partial charge >= 0.3 is 0 Å². The van der Waals surface area contributed by atoms with Crippen LogP contribution in [0.5, 0.6) is 0 Å². The average Bonchev–Trinajstić information content (AvgIpc) is 2.53. The fourth-order valence-electron chi connectivity index (χ4n) is 2.22. The molecule has 0 unspecified atom stereocenters. The number of rotatable bonds is 2. The van der Waals surface area contributed by atoms with E-state index in [0.717, 1.165) is 43.6 Å². The molecule has 0 bridgehead atoms. The lowest BCUT2D eigenvalue weighted by molar-refractivity contribution is 0.103. The number of aliphatic hydroxyl groups excluding tert-OH is 1. The Morgan fingerprint density at radius 1 is 1.47 bits per heavy atom. The molecular formula is C11H19N3O. The zero-order valence-corrected chi connectivity index (χ0v) is 9.19. The van der Waals surface area contributed by atoms with Crippen molar-refractivity contribution in [2.45, 2.75) is 45.3 Å². The van der Waals surface area contributed by atoms with Gasteiger partial charge in [0.25, 0.3) is 0 Å². The van der Waals surface area contributed by atoms with Crippen LogP contribution in [-0.2, 0) is 6.54 Å². The first-order valence-electron chi connectivity index (χ1n) is 5.62. The maximum absolute atomic E-state index is 9.41. The molecule has 84 valence electrons. The van der Waals surface area contributed by atoms with Gasteiger partial charge in [0, 0.05) is 6.54 Å². The van der Waals surface area contributed by atoms with Gasteiger partial charge in [-0.2, -0.15) is 5.10 Å². The van der Waals surface area contributed by atoms with Crippen LogP contribution in [0.15, 0.2) is 6.20 Å². The van der Waals surface area contributed by atoms with E-state index in [2.05, 4.69) is 5.10 Å². The van der Waals surface area contributed by atoms with Crippen LogP contribution in [0, 0.1) is 12.8 Å². The van der Waals surface area contributed by atoms with Gasteiger partial charge in [-0.1, -0.05) is 0 Å². The molecule has 15 heavy (non-hydrogen) atoms. The lowest BCUT2D eigenvalue weighted by Crippen LogP contribution is -2.22. The molecule has 1 aliphatic rings. The molecule has 1 saturated carbocycles. The highest BCUT2D eigenvalue weighted by molar-refractivity contribution is 5.39. The normalized spacial score (nSPS) is 26.8. The first-order valence-corrected chi connectivity index (χ1v) is 5.62. The molecule has 3 N–H and O–H groups in total. The standard InChI is InChI=1S/C11H19N3O/c1-8-11(12)6-13-14(8)7-9-2-4-10(15)5-3-9/h6,9-10,15H,2-5,7,12H2,1H3. The van der Waals surface area contributed by atoms with Gasteiger partial charge in [0.2, 0.25) is 0 Å². The number of nitrogens with two attached hydrogens (primary N) is 1. The van der Waals surface area contributed by atoms with E-state index in [9.17, 15) is 5.11 Å². The molecule has 1 aromatic heterocycles. The summed E-state index contributed by atoms with van der Waals surface area (Å²) in [6.07, 6.45) is 5.69. The number of aliphatic hydroxyl groups is 1. The molecule has 0 aromatic carbocycles. The number of hydrogen-bond acceptors (Lipinski definition) is 3. The Hall–Kier alpha value is -1.03. The largest absolute Gasteiger partial charge is 0.396 e. The van der Waals surface area contributed by atoms with Crippen LogP contribution >= 0.6 is 0 Å². The third kappa shape index (κ3) is 2.31. The molecule has 4 heteroatoms.